The fraction of sp³-hybridized carbons (Fsp3) is 0.455. The fourth-order valence-electron chi connectivity index (χ4n) is 4.28. The van der Waals surface area contributed by atoms with Gasteiger partial charge in [0.1, 0.15) is 0 Å². The zero-order chi connectivity index (χ0) is 18.1. The molecule has 0 aromatic heterocycles. The zero-order valence-corrected chi connectivity index (χ0v) is 15.3. The first-order chi connectivity index (χ1) is 12.6. The van der Waals surface area contributed by atoms with Crippen molar-refractivity contribution in [1.29, 1.82) is 0 Å². The topological polar surface area (TPSA) is 49.4 Å². The van der Waals surface area contributed by atoms with Gasteiger partial charge in [-0.05, 0) is 43.1 Å². The van der Waals surface area contributed by atoms with E-state index in [4.69, 9.17) is 0 Å². The number of hydrogen-bond donors (Lipinski definition) is 1. The average Bonchev–Trinajstić information content (AvgIpc) is 3.05. The molecule has 1 saturated carbocycles. The standard InChI is InChI=1S/C22H26N2O2/c1-15-9-11-18(12-10-15)23-22(26)17-13-21(25)24(14-17)20-8-4-6-16-5-2-3-7-19(16)20/h2-8,15,17-18H,9-14H2,1H3,(H,23,26)/t15?,17-,18?/m1/s1. The summed E-state index contributed by atoms with van der Waals surface area (Å²) in [6, 6.07) is 14.3. The van der Waals surface area contributed by atoms with Crippen LogP contribution in [0, 0.1) is 11.8 Å². The lowest BCUT2D eigenvalue weighted by Crippen LogP contribution is -2.41. The van der Waals surface area contributed by atoms with E-state index >= 15 is 0 Å². The molecule has 1 aliphatic carbocycles. The minimum Gasteiger partial charge on any atom is -0.353 e. The molecular weight excluding hydrogens is 324 g/mol. The molecule has 1 heterocycles. The third kappa shape index (κ3) is 3.33. The Kier molecular flexibility index (Phi) is 4.66. The van der Waals surface area contributed by atoms with Crippen molar-refractivity contribution in [2.45, 2.75) is 45.1 Å². The van der Waals surface area contributed by atoms with Gasteiger partial charge in [-0.15, -0.1) is 0 Å². The molecule has 2 fully saturated rings. The third-order valence-electron chi connectivity index (χ3n) is 5.92. The Bertz CT molecular complexity index is 819. The molecule has 2 aliphatic rings. The highest BCUT2D eigenvalue weighted by atomic mass is 16.2. The summed E-state index contributed by atoms with van der Waals surface area (Å²) in [5, 5.41) is 5.37. The second-order valence-corrected chi connectivity index (χ2v) is 7.87. The number of anilines is 1. The predicted molar refractivity (Wildman–Crippen MR) is 104 cm³/mol. The smallest absolute Gasteiger partial charge is 0.227 e. The molecule has 1 saturated heterocycles. The lowest BCUT2D eigenvalue weighted by molar-refractivity contribution is -0.127. The van der Waals surface area contributed by atoms with Crippen molar-refractivity contribution in [3.8, 4) is 0 Å². The minimum absolute atomic E-state index is 0.0405. The maximum absolute atomic E-state index is 12.7. The summed E-state index contributed by atoms with van der Waals surface area (Å²) in [6.07, 6.45) is 4.77. The molecule has 0 spiro atoms. The van der Waals surface area contributed by atoms with Crippen LogP contribution in [0.3, 0.4) is 0 Å². The van der Waals surface area contributed by atoms with Gasteiger partial charge in [-0.25, -0.2) is 0 Å². The monoisotopic (exact) mass is 350 g/mol. The highest BCUT2D eigenvalue weighted by Gasteiger charge is 2.36. The van der Waals surface area contributed by atoms with E-state index in [0.717, 1.165) is 35.2 Å². The normalized spacial score (nSPS) is 26.3. The second kappa shape index (κ2) is 7.10. The van der Waals surface area contributed by atoms with Crippen LogP contribution in [0.1, 0.15) is 39.0 Å². The number of nitrogens with one attached hydrogen (secondary N) is 1. The number of carbonyl (C=O) groups excluding carboxylic acids is 2. The molecule has 0 radical (unpaired) electrons. The van der Waals surface area contributed by atoms with E-state index < -0.39 is 0 Å². The van der Waals surface area contributed by atoms with Crippen LogP contribution in [-0.2, 0) is 9.59 Å². The van der Waals surface area contributed by atoms with Crippen molar-refractivity contribution in [2.24, 2.45) is 11.8 Å². The Morgan fingerprint density at radius 1 is 1.04 bits per heavy atom. The van der Waals surface area contributed by atoms with Gasteiger partial charge in [-0.2, -0.15) is 0 Å². The predicted octanol–water partition coefficient (Wildman–Crippen LogP) is 3.89. The molecule has 0 bridgehead atoms. The number of nitrogens with zero attached hydrogens (tertiary/aromatic N) is 1. The van der Waals surface area contributed by atoms with Gasteiger partial charge in [-0.1, -0.05) is 43.3 Å². The van der Waals surface area contributed by atoms with E-state index in [-0.39, 0.29) is 23.8 Å². The summed E-state index contributed by atoms with van der Waals surface area (Å²) >= 11 is 0. The lowest BCUT2D eigenvalue weighted by Gasteiger charge is -2.27. The van der Waals surface area contributed by atoms with Gasteiger partial charge < -0.3 is 10.2 Å². The summed E-state index contributed by atoms with van der Waals surface area (Å²) in [4.78, 5) is 27.1. The molecule has 1 atom stereocenters. The first-order valence-corrected chi connectivity index (χ1v) is 9.70. The summed E-state index contributed by atoms with van der Waals surface area (Å²) in [7, 11) is 0. The van der Waals surface area contributed by atoms with E-state index in [0.29, 0.717) is 13.0 Å². The van der Waals surface area contributed by atoms with Crippen LogP contribution in [0.15, 0.2) is 42.5 Å². The number of amides is 2. The Labute approximate surface area is 154 Å². The number of carbonyl (C=O) groups is 2. The highest BCUT2D eigenvalue weighted by molar-refractivity contribution is 6.07. The molecule has 26 heavy (non-hydrogen) atoms. The highest BCUT2D eigenvalue weighted by Crippen LogP contribution is 2.32. The molecule has 1 N–H and O–H groups in total. The second-order valence-electron chi connectivity index (χ2n) is 7.87. The number of hydrogen-bond acceptors (Lipinski definition) is 2. The number of fused-ring (bicyclic) bond motifs is 1. The van der Waals surface area contributed by atoms with Crippen LogP contribution in [0.25, 0.3) is 10.8 Å². The molecule has 2 aromatic rings. The summed E-state index contributed by atoms with van der Waals surface area (Å²) in [5.41, 5.74) is 0.912. The largest absolute Gasteiger partial charge is 0.353 e. The van der Waals surface area contributed by atoms with Crippen LogP contribution in [0.2, 0.25) is 0 Å². The van der Waals surface area contributed by atoms with Gasteiger partial charge in [0.25, 0.3) is 0 Å². The van der Waals surface area contributed by atoms with Crippen molar-refractivity contribution >= 4 is 28.3 Å². The quantitative estimate of drug-likeness (QED) is 0.913. The zero-order valence-electron chi connectivity index (χ0n) is 15.3. The molecule has 0 unspecified atom stereocenters. The van der Waals surface area contributed by atoms with Crippen LogP contribution in [0.4, 0.5) is 5.69 Å². The van der Waals surface area contributed by atoms with Crippen molar-refractivity contribution < 1.29 is 9.59 Å². The maximum atomic E-state index is 12.7. The molecule has 2 amide bonds. The molecule has 4 rings (SSSR count). The van der Waals surface area contributed by atoms with Gasteiger partial charge in [0.15, 0.2) is 0 Å². The Hall–Kier alpha value is -2.36. The fourth-order valence-corrected chi connectivity index (χ4v) is 4.28. The molecule has 136 valence electrons. The SMILES string of the molecule is CC1CCC(NC(=O)[C@@H]2CC(=O)N(c3cccc4ccccc34)C2)CC1. The van der Waals surface area contributed by atoms with Gasteiger partial charge in [0.2, 0.25) is 11.8 Å². The minimum atomic E-state index is -0.249. The van der Waals surface area contributed by atoms with E-state index in [9.17, 15) is 9.59 Å². The van der Waals surface area contributed by atoms with Gasteiger partial charge >= 0.3 is 0 Å². The van der Waals surface area contributed by atoms with Crippen molar-refractivity contribution in [2.75, 3.05) is 11.4 Å². The first-order valence-electron chi connectivity index (χ1n) is 9.70. The van der Waals surface area contributed by atoms with E-state index in [1.807, 2.05) is 42.5 Å². The van der Waals surface area contributed by atoms with Gasteiger partial charge in [0.05, 0.1) is 11.6 Å². The van der Waals surface area contributed by atoms with E-state index in [1.165, 1.54) is 12.8 Å². The molecular formula is C22H26N2O2. The molecule has 4 nitrogen and oxygen atoms in total. The van der Waals surface area contributed by atoms with Crippen LogP contribution >= 0.6 is 0 Å². The maximum Gasteiger partial charge on any atom is 0.227 e. The Balaban J connectivity index is 1.47. The summed E-state index contributed by atoms with van der Waals surface area (Å²) < 4.78 is 0. The van der Waals surface area contributed by atoms with Crippen LogP contribution in [0.5, 0.6) is 0 Å². The van der Waals surface area contributed by atoms with Crippen LogP contribution < -0.4 is 10.2 Å². The number of rotatable bonds is 3. The Morgan fingerprint density at radius 3 is 2.58 bits per heavy atom. The van der Waals surface area contributed by atoms with Crippen LogP contribution in [-0.4, -0.2) is 24.4 Å². The average molecular weight is 350 g/mol. The first kappa shape index (κ1) is 17.1. The third-order valence-corrected chi connectivity index (χ3v) is 5.92. The molecule has 1 aliphatic heterocycles. The molecule has 2 aromatic carbocycles. The van der Waals surface area contributed by atoms with Crippen molar-refractivity contribution in [3.05, 3.63) is 42.5 Å². The van der Waals surface area contributed by atoms with Crippen molar-refractivity contribution in [3.63, 3.8) is 0 Å². The van der Waals surface area contributed by atoms with Gasteiger partial charge in [0, 0.05) is 24.4 Å². The number of benzene rings is 2. The van der Waals surface area contributed by atoms with Crippen molar-refractivity contribution in [1.82, 2.24) is 5.32 Å². The lowest BCUT2D eigenvalue weighted by atomic mass is 9.87. The van der Waals surface area contributed by atoms with E-state index in [2.05, 4.69) is 12.2 Å². The van der Waals surface area contributed by atoms with E-state index in [1.54, 1.807) is 4.90 Å². The van der Waals surface area contributed by atoms with Gasteiger partial charge in [-0.3, -0.25) is 9.59 Å². The molecule has 4 heteroatoms. The Morgan fingerprint density at radius 2 is 1.77 bits per heavy atom. The summed E-state index contributed by atoms with van der Waals surface area (Å²) in [5.74, 6) is 0.596. The summed E-state index contributed by atoms with van der Waals surface area (Å²) in [6.45, 7) is 2.75.